The fraction of sp³-hybridized carbons (Fsp3) is 0.500. The molecule has 1 aromatic carbocycles. The van der Waals surface area contributed by atoms with E-state index in [0.717, 1.165) is 18.9 Å². The molecule has 0 aliphatic carbocycles. The second-order valence-corrected chi connectivity index (χ2v) is 7.68. The SMILES string of the molecule is CCOC(=O)c1cc(N(C)C)c(C(=O)NS(=O)(=O)N2CCCC2)cc1F. The highest BCUT2D eigenvalue weighted by Crippen LogP contribution is 2.24. The monoisotopic (exact) mass is 387 g/mol. The average Bonchev–Trinajstić information content (AvgIpc) is 3.09. The van der Waals surface area contributed by atoms with Gasteiger partial charge >= 0.3 is 16.2 Å². The molecule has 144 valence electrons. The first kappa shape index (κ1) is 20.1. The third-order valence-electron chi connectivity index (χ3n) is 3.93. The molecule has 2 rings (SSSR count). The number of carbonyl (C=O) groups is 2. The molecule has 1 saturated heterocycles. The zero-order chi connectivity index (χ0) is 19.5. The molecule has 1 amide bonds. The lowest BCUT2D eigenvalue weighted by atomic mass is 10.1. The van der Waals surface area contributed by atoms with Crippen LogP contribution < -0.4 is 9.62 Å². The van der Waals surface area contributed by atoms with Gasteiger partial charge in [-0.1, -0.05) is 0 Å². The van der Waals surface area contributed by atoms with Crippen LogP contribution in [0.4, 0.5) is 10.1 Å². The van der Waals surface area contributed by atoms with Crippen molar-refractivity contribution in [2.24, 2.45) is 0 Å². The summed E-state index contributed by atoms with van der Waals surface area (Å²) in [7, 11) is -0.814. The number of hydrogen-bond donors (Lipinski definition) is 1. The van der Waals surface area contributed by atoms with E-state index in [9.17, 15) is 22.4 Å². The largest absolute Gasteiger partial charge is 0.462 e. The van der Waals surface area contributed by atoms with Crippen LogP contribution in [0.1, 0.15) is 40.5 Å². The predicted molar refractivity (Wildman–Crippen MR) is 93.9 cm³/mol. The van der Waals surface area contributed by atoms with Gasteiger partial charge in [-0.05, 0) is 31.9 Å². The van der Waals surface area contributed by atoms with Gasteiger partial charge in [0.25, 0.3) is 5.91 Å². The van der Waals surface area contributed by atoms with Gasteiger partial charge in [-0.25, -0.2) is 13.9 Å². The van der Waals surface area contributed by atoms with Crippen molar-refractivity contribution in [2.75, 3.05) is 38.7 Å². The van der Waals surface area contributed by atoms with Crippen LogP contribution in [0.5, 0.6) is 0 Å². The zero-order valence-electron chi connectivity index (χ0n) is 14.9. The van der Waals surface area contributed by atoms with Crippen molar-refractivity contribution in [3.05, 3.63) is 29.1 Å². The van der Waals surface area contributed by atoms with E-state index in [1.165, 1.54) is 15.3 Å². The molecule has 8 nitrogen and oxygen atoms in total. The first-order chi connectivity index (χ1) is 12.2. The van der Waals surface area contributed by atoms with Crippen LogP contribution >= 0.6 is 0 Å². The molecule has 1 N–H and O–H groups in total. The van der Waals surface area contributed by atoms with Gasteiger partial charge in [0.05, 0.1) is 23.4 Å². The normalized spacial score (nSPS) is 14.9. The molecule has 0 atom stereocenters. The Hall–Kier alpha value is -2.20. The summed E-state index contributed by atoms with van der Waals surface area (Å²) in [5.74, 6) is -2.78. The quantitative estimate of drug-likeness (QED) is 0.736. The minimum atomic E-state index is -4.00. The molecule has 1 aliphatic heterocycles. The summed E-state index contributed by atoms with van der Waals surface area (Å²) in [4.78, 5) is 25.8. The van der Waals surface area contributed by atoms with Gasteiger partial charge in [-0.3, -0.25) is 4.79 Å². The molecule has 1 heterocycles. The molecule has 0 unspecified atom stereocenters. The van der Waals surface area contributed by atoms with E-state index in [1.54, 1.807) is 21.0 Å². The van der Waals surface area contributed by atoms with Gasteiger partial charge in [0.15, 0.2) is 0 Å². The third kappa shape index (κ3) is 4.31. The summed E-state index contributed by atoms with van der Waals surface area (Å²) in [5, 5.41) is 0. The molecule has 1 aliphatic rings. The van der Waals surface area contributed by atoms with E-state index < -0.39 is 27.9 Å². The van der Waals surface area contributed by atoms with Crippen molar-refractivity contribution in [2.45, 2.75) is 19.8 Å². The number of nitrogens with one attached hydrogen (secondary N) is 1. The average molecular weight is 387 g/mol. The highest BCUT2D eigenvalue weighted by atomic mass is 32.2. The van der Waals surface area contributed by atoms with E-state index in [1.807, 2.05) is 4.72 Å². The summed E-state index contributed by atoms with van der Waals surface area (Å²) in [6, 6.07) is 2.02. The maximum atomic E-state index is 14.3. The summed E-state index contributed by atoms with van der Waals surface area (Å²) >= 11 is 0. The Morgan fingerprint density at radius 1 is 1.23 bits per heavy atom. The zero-order valence-corrected chi connectivity index (χ0v) is 15.7. The Kier molecular flexibility index (Phi) is 6.19. The predicted octanol–water partition coefficient (Wildman–Crippen LogP) is 1.14. The fourth-order valence-corrected chi connectivity index (χ4v) is 3.86. The number of hydrogen-bond acceptors (Lipinski definition) is 6. The molecular formula is C16H22FN3O5S. The summed E-state index contributed by atoms with van der Waals surface area (Å²) in [6.07, 6.45) is 1.45. The number of esters is 1. The summed E-state index contributed by atoms with van der Waals surface area (Å²) < 4.78 is 46.7. The Morgan fingerprint density at radius 2 is 1.85 bits per heavy atom. The first-order valence-corrected chi connectivity index (χ1v) is 9.61. The number of halogens is 1. The van der Waals surface area contributed by atoms with Crippen LogP contribution in [0.25, 0.3) is 0 Å². The van der Waals surface area contributed by atoms with Crippen molar-refractivity contribution >= 4 is 27.8 Å². The van der Waals surface area contributed by atoms with Crippen molar-refractivity contribution in [1.29, 1.82) is 0 Å². The van der Waals surface area contributed by atoms with Crippen molar-refractivity contribution in [3.8, 4) is 0 Å². The number of carbonyl (C=O) groups excluding carboxylic acids is 2. The summed E-state index contributed by atoms with van der Waals surface area (Å²) in [6.45, 7) is 2.33. The van der Waals surface area contributed by atoms with Gasteiger partial charge in [0, 0.05) is 27.2 Å². The Bertz CT molecular complexity index is 804. The highest BCUT2D eigenvalue weighted by Gasteiger charge is 2.29. The van der Waals surface area contributed by atoms with Gasteiger partial charge in [0.2, 0.25) is 0 Å². The van der Waals surface area contributed by atoms with Crippen LogP contribution in [0.3, 0.4) is 0 Å². The minimum absolute atomic E-state index is 0.0753. The second-order valence-electron chi connectivity index (χ2n) is 6.01. The Morgan fingerprint density at radius 3 is 2.38 bits per heavy atom. The number of anilines is 1. The maximum Gasteiger partial charge on any atom is 0.341 e. The number of ether oxygens (including phenoxy) is 1. The van der Waals surface area contributed by atoms with Gasteiger partial charge in [0.1, 0.15) is 5.82 Å². The van der Waals surface area contributed by atoms with Gasteiger partial charge in [-0.15, -0.1) is 0 Å². The van der Waals surface area contributed by atoms with Crippen molar-refractivity contribution in [3.63, 3.8) is 0 Å². The smallest absolute Gasteiger partial charge is 0.341 e. The molecule has 0 bridgehead atoms. The van der Waals surface area contributed by atoms with Crippen LogP contribution in [-0.2, 0) is 14.9 Å². The van der Waals surface area contributed by atoms with Gasteiger partial charge < -0.3 is 9.64 Å². The van der Waals surface area contributed by atoms with E-state index in [-0.39, 0.29) is 23.4 Å². The minimum Gasteiger partial charge on any atom is -0.462 e. The van der Waals surface area contributed by atoms with Gasteiger partial charge in [-0.2, -0.15) is 12.7 Å². The number of rotatable bonds is 6. The standard InChI is InChI=1S/C16H22FN3O5S/c1-4-25-16(22)11-10-14(19(2)3)12(9-13(11)17)15(21)18-26(23,24)20-7-5-6-8-20/h9-10H,4-8H2,1-3H3,(H,18,21). The van der Waals surface area contributed by atoms with Crippen LogP contribution in [0, 0.1) is 5.82 Å². The fourth-order valence-electron chi connectivity index (χ4n) is 2.64. The lowest BCUT2D eigenvalue weighted by molar-refractivity contribution is 0.0520. The Labute approximate surface area is 152 Å². The summed E-state index contributed by atoms with van der Waals surface area (Å²) in [5.41, 5.74) is -0.318. The third-order valence-corrected chi connectivity index (χ3v) is 5.42. The molecular weight excluding hydrogens is 365 g/mol. The lowest BCUT2D eigenvalue weighted by Gasteiger charge is -2.20. The molecule has 0 aromatic heterocycles. The topological polar surface area (TPSA) is 96.0 Å². The molecule has 10 heteroatoms. The van der Waals surface area contributed by atoms with E-state index in [4.69, 9.17) is 4.74 Å². The molecule has 1 fully saturated rings. The highest BCUT2D eigenvalue weighted by molar-refractivity contribution is 7.87. The molecule has 1 aromatic rings. The number of amides is 1. The first-order valence-electron chi connectivity index (χ1n) is 8.17. The lowest BCUT2D eigenvalue weighted by Crippen LogP contribution is -2.42. The molecule has 0 spiro atoms. The van der Waals surface area contributed by atoms with Crippen molar-refractivity contribution < 1.29 is 27.1 Å². The van der Waals surface area contributed by atoms with Crippen molar-refractivity contribution in [1.82, 2.24) is 9.03 Å². The van der Waals surface area contributed by atoms with Crippen LogP contribution in [0.15, 0.2) is 12.1 Å². The van der Waals surface area contributed by atoms with E-state index >= 15 is 0 Å². The second kappa shape index (κ2) is 8.00. The maximum absolute atomic E-state index is 14.3. The van der Waals surface area contributed by atoms with E-state index in [2.05, 4.69) is 0 Å². The van der Waals surface area contributed by atoms with Crippen LogP contribution in [-0.4, -0.2) is 58.4 Å². The van der Waals surface area contributed by atoms with Crippen LogP contribution in [0.2, 0.25) is 0 Å². The molecule has 0 saturated carbocycles. The Balaban J connectivity index is 2.36. The van der Waals surface area contributed by atoms with E-state index in [0.29, 0.717) is 13.1 Å². The molecule has 26 heavy (non-hydrogen) atoms. The molecule has 0 radical (unpaired) electrons. The number of benzene rings is 1. The number of nitrogens with zero attached hydrogens (tertiary/aromatic N) is 2.